The highest BCUT2D eigenvalue weighted by Crippen LogP contribution is 2.44. The fourth-order valence-corrected chi connectivity index (χ4v) is 4.92. The van der Waals surface area contributed by atoms with Crippen LogP contribution in [0.1, 0.15) is 29.9 Å². The number of hydrogen-bond donors (Lipinski definition) is 1. The average molecular weight is 449 g/mol. The summed E-state index contributed by atoms with van der Waals surface area (Å²) in [7, 11) is 0. The van der Waals surface area contributed by atoms with Crippen LogP contribution in [0, 0.1) is 0 Å². The Balaban J connectivity index is 1.68. The van der Waals surface area contributed by atoms with Gasteiger partial charge in [0.1, 0.15) is 6.73 Å². The Morgan fingerprint density at radius 2 is 1.76 bits per heavy atom. The molecule has 0 aliphatic heterocycles. The molecule has 1 aromatic heterocycles. The van der Waals surface area contributed by atoms with Gasteiger partial charge in [0, 0.05) is 14.9 Å². The zero-order valence-corrected chi connectivity index (χ0v) is 17.7. The van der Waals surface area contributed by atoms with Crippen molar-refractivity contribution in [2.75, 3.05) is 0 Å². The van der Waals surface area contributed by atoms with E-state index in [0.29, 0.717) is 27.2 Å². The number of aromatic amines is 1. The number of ether oxygens (including phenoxy) is 1. The first-order valence-electron chi connectivity index (χ1n) is 9.14. The van der Waals surface area contributed by atoms with E-state index >= 15 is 0 Å². The maximum atomic E-state index is 12.6. The minimum Gasteiger partial charge on any atom is -0.356 e. The van der Waals surface area contributed by atoms with Crippen LogP contribution in [0.4, 0.5) is 0 Å². The summed E-state index contributed by atoms with van der Waals surface area (Å²) in [5, 5.41) is 1.56. The van der Waals surface area contributed by atoms with Crippen LogP contribution in [-0.2, 0) is 18.1 Å². The molecule has 1 heterocycles. The van der Waals surface area contributed by atoms with Gasteiger partial charge in [0.25, 0.3) is 5.56 Å². The second-order valence-electron chi connectivity index (χ2n) is 6.85. The lowest BCUT2D eigenvalue weighted by Gasteiger charge is -2.16. The van der Waals surface area contributed by atoms with E-state index in [4.69, 9.17) is 27.9 Å². The molecule has 0 bridgehead atoms. The molecule has 5 nitrogen and oxygen atoms in total. The number of aromatic nitrogens is 2. The van der Waals surface area contributed by atoms with E-state index in [1.54, 1.807) is 18.2 Å². The van der Waals surface area contributed by atoms with E-state index in [0.717, 1.165) is 23.3 Å². The smallest absolute Gasteiger partial charge is 0.331 e. The zero-order chi connectivity index (χ0) is 20.4. The Kier molecular flexibility index (Phi) is 6.15. The maximum absolute atomic E-state index is 12.6. The summed E-state index contributed by atoms with van der Waals surface area (Å²) in [5.74, 6) is 0.150. The molecule has 1 aliphatic rings. The zero-order valence-electron chi connectivity index (χ0n) is 15.4. The van der Waals surface area contributed by atoms with Gasteiger partial charge in [-0.1, -0.05) is 65.3 Å². The Bertz CT molecular complexity index is 1120. The molecule has 1 saturated carbocycles. The van der Waals surface area contributed by atoms with Gasteiger partial charge in [-0.3, -0.25) is 14.3 Å². The van der Waals surface area contributed by atoms with Crippen molar-refractivity contribution in [1.29, 1.82) is 0 Å². The van der Waals surface area contributed by atoms with Crippen molar-refractivity contribution in [3.63, 3.8) is 0 Å². The summed E-state index contributed by atoms with van der Waals surface area (Å²) in [6.07, 6.45) is 1.85. The molecular weight excluding hydrogens is 431 g/mol. The SMILES string of the molecule is O=c1[nH]c(=O)n(COCc2ccccc2)c(Sc2cc(Cl)cc(Cl)c2)c1C1CC1. The Morgan fingerprint density at radius 3 is 2.41 bits per heavy atom. The van der Waals surface area contributed by atoms with Crippen molar-refractivity contribution in [2.45, 2.75) is 42.0 Å². The van der Waals surface area contributed by atoms with Crippen LogP contribution >= 0.6 is 35.0 Å². The lowest BCUT2D eigenvalue weighted by atomic mass is 10.2. The molecule has 29 heavy (non-hydrogen) atoms. The second-order valence-corrected chi connectivity index (χ2v) is 8.79. The van der Waals surface area contributed by atoms with Crippen molar-refractivity contribution < 1.29 is 4.74 Å². The predicted molar refractivity (Wildman–Crippen MR) is 115 cm³/mol. The minimum atomic E-state index is -0.497. The van der Waals surface area contributed by atoms with Crippen molar-refractivity contribution >= 4 is 35.0 Å². The summed E-state index contributed by atoms with van der Waals surface area (Å²) >= 11 is 13.6. The van der Waals surface area contributed by atoms with Crippen LogP contribution in [-0.4, -0.2) is 9.55 Å². The molecule has 1 N–H and O–H groups in total. The van der Waals surface area contributed by atoms with Gasteiger partial charge in [0.15, 0.2) is 0 Å². The number of hydrogen-bond acceptors (Lipinski definition) is 4. The summed E-state index contributed by atoms with van der Waals surface area (Å²) in [4.78, 5) is 28.3. The van der Waals surface area contributed by atoms with Gasteiger partial charge in [0.05, 0.1) is 17.2 Å². The van der Waals surface area contributed by atoms with Crippen LogP contribution in [0.3, 0.4) is 0 Å². The number of nitrogens with zero attached hydrogens (tertiary/aromatic N) is 1. The third-order valence-corrected chi connectivity index (χ3v) is 6.10. The van der Waals surface area contributed by atoms with Crippen molar-refractivity contribution in [3.8, 4) is 0 Å². The topological polar surface area (TPSA) is 64.1 Å². The maximum Gasteiger partial charge on any atom is 0.331 e. The van der Waals surface area contributed by atoms with E-state index < -0.39 is 5.69 Å². The largest absolute Gasteiger partial charge is 0.356 e. The van der Waals surface area contributed by atoms with Crippen LogP contribution < -0.4 is 11.2 Å². The van der Waals surface area contributed by atoms with Crippen LogP contribution in [0.5, 0.6) is 0 Å². The third-order valence-electron chi connectivity index (χ3n) is 4.55. The average Bonchev–Trinajstić information content (AvgIpc) is 3.49. The molecule has 2 aromatic carbocycles. The molecule has 0 amide bonds. The van der Waals surface area contributed by atoms with Gasteiger partial charge < -0.3 is 4.74 Å². The Morgan fingerprint density at radius 1 is 1.07 bits per heavy atom. The summed E-state index contributed by atoms with van der Waals surface area (Å²) in [5.41, 5.74) is 0.785. The first-order chi connectivity index (χ1) is 14.0. The quantitative estimate of drug-likeness (QED) is 0.513. The molecular formula is C21H18Cl2N2O3S. The Labute approximate surface area is 181 Å². The molecule has 0 unspecified atom stereocenters. The van der Waals surface area contributed by atoms with Crippen molar-refractivity contribution in [2.24, 2.45) is 0 Å². The first-order valence-corrected chi connectivity index (χ1v) is 10.7. The summed E-state index contributed by atoms with van der Waals surface area (Å²) in [6.45, 7) is 0.388. The summed E-state index contributed by atoms with van der Waals surface area (Å²) in [6, 6.07) is 14.9. The number of benzene rings is 2. The lowest BCUT2D eigenvalue weighted by Crippen LogP contribution is -2.34. The second kappa shape index (κ2) is 8.79. The van der Waals surface area contributed by atoms with Gasteiger partial charge >= 0.3 is 5.69 Å². The van der Waals surface area contributed by atoms with Crippen LogP contribution in [0.2, 0.25) is 10.0 Å². The van der Waals surface area contributed by atoms with Crippen molar-refractivity contribution in [3.05, 3.63) is 90.5 Å². The molecule has 0 radical (unpaired) electrons. The van der Waals surface area contributed by atoms with Gasteiger partial charge in [-0.2, -0.15) is 0 Å². The highest BCUT2D eigenvalue weighted by atomic mass is 35.5. The monoisotopic (exact) mass is 448 g/mol. The predicted octanol–water partition coefficient (Wildman–Crippen LogP) is 5.05. The van der Waals surface area contributed by atoms with Crippen LogP contribution in [0.25, 0.3) is 0 Å². The van der Waals surface area contributed by atoms with E-state index in [-0.39, 0.29) is 18.2 Å². The number of H-pyrrole nitrogens is 1. The highest BCUT2D eigenvalue weighted by molar-refractivity contribution is 7.99. The fraction of sp³-hybridized carbons (Fsp3) is 0.238. The highest BCUT2D eigenvalue weighted by Gasteiger charge is 2.31. The standard InChI is InChI=1S/C21H18Cl2N2O3S/c22-15-8-16(23)10-17(9-15)29-20-18(14-6-7-14)19(26)24-21(27)25(20)12-28-11-13-4-2-1-3-5-13/h1-5,8-10,14H,6-7,11-12H2,(H,24,26,27). The molecule has 4 rings (SSSR count). The molecule has 1 aliphatic carbocycles. The van der Waals surface area contributed by atoms with E-state index in [1.807, 2.05) is 30.3 Å². The van der Waals surface area contributed by atoms with E-state index in [2.05, 4.69) is 4.98 Å². The van der Waals surface area contributed by atoms with Crippen LogP contribution in [0.15, 0.2) is 68.0 Å². The minimum absolute atomic E-state index is 0.0286. The van der Waals surface area contributed by atoms with Gasteiger partial charge in [-0.15, -0.1) is 0 Å². The number of rotatable bonds is 7. The molecule has 3 aromatic rings. The van der Waals surface area contributed by atoms with Gasteiger partial charge in [-0.05, 0) is 42.5 Å². The van der Waals surface area contributed by atoms with Gasteiger partial charge in [-0.25, -0.2) is 4.79 Å². The summed E-state index contributed by atoms with van der Waals surface area (Å²) < 4.78 is 7.25. The molecule has 0 atom stereocenters. The third kappa shape index (κ3) is 4.95. The normalized spacial score (nSPS) is 13.6. The lowest BCUT2D eigenvalue weighted by molar-refractivity contribution is 0.0550. The Hall–Kier alpha value is -1.99. The number of nitrogens with one attached hydrogen (secondary N) is 1. The molecule has 1 fully saturated rings. The molecule has 8 heteroatoms. The van der Waals surface area contributed by atoms with Crippen molar-refractivity contribution in [1.82, 2.24) is 9.55 Å². The van der Waals surface area contributed by atoms with Gasteiger partial charge in [0.2, 0.25) is 0 Å². The first kappa shape index (κ1) is 20.3. The molecule has 0 spiro atoms. The fourth-order valence-electron chi connectivity index (χ4n) is 3.05. The number of halogens is 2. The van der Waals surface area contributed by atoms with E-state index in [9.17, 15) is 9.59 Å². The molecule has 150 valence electrons. The van der Waals surface area contributed by atoms with E-state index in [1.165, 1.54) is 16.3 Å². The molecule has 0 saturated heterocycles.